The first-order valence-corrected chi connectivity index (χ1v) is 10.9. The monoisotopic (exact) mass is 419 g/mol. The second-order valence-electron chi connectivity index (χ2n) is 6.86. The molecule has 0 aliphatic heterocycles. The quantitative estimate of drug-likeness (QED) is 0.613. The second-order valence-corrected chi connectivity index (χ2v) is 8.92. The predicted octanol–water partition coefficient (Wildman–Crippen LogP) is 5.26. The van der Waals surface area contributed by atoms with Crippen LogP contribution >= 0.6 is 11.6 Å². The lowest BCUT2D eigenvalue weighted by Gasteiger charge is -2.09. The number of halogens is 2. The van der Waals surface area contributed by atoms with Crippen molar-refractivity contribution in [3.8, 4) is 11.3 Å². The fourth-order valence-corrected chi connectivity index (χ4v) is 4.88. The zero-order valence-corrected chi connectivity index (χ0v) is 16.5. The summed E-state index contributed by atoms with van der Waals surface area (Å²) < 4.78 is 43.9. The van der Waals surface area contributed by atoms with E-state index in [1.54, 1.807) is 10.9 Å². The van der Waals surface area contributed by atoms with Crippen molar-refractivity contribution in [2.24, 2.45) is 0 Å². The van der Waals surface area contributed by atoms with Crippen molar-refractivity contribution in [3.63, 3.8) is 0 Å². The van der Waals surface area contributed by atoms with Crippen molar-refractivity contribution in [3.05, 3.63) is 65.6 Å². The topological polar surface area (TPSA) is 64.0 Å². The van der Waals surface area contributed by atoms with Gasteiger partial charge in [-0.25, -0.2) is 12.8 Å². The molecule has 1 aromatic heterocycles. The lowest BCUT2D eigenvalue weighted by Crippen LogP contribution is -2.13. The average Bonchev–Trinajstić information content (AvgIpc) is 3.35. The van der Waals surface area contributed by atoms with Gasteiger partial charge in [0.05, 0.1) is 16.8 Å². The molecule has 0 saturated heterocycles. The Morgan fingerprint density at radius 1 is 1.11 bits per heavy atom. The van der Waals surface area contributed by atoms with Gasteiger partial charge in [0.25, 0.3) is 10.0 Å². The van der Waals surface area contributed by atoms with Crippen LogP contribution in [0.15, 0.2) is 59.6 Å². The molecule has 0 radical (unpaired) electrons. The van der Waals surface area contributed by atoms with E-state index in [9.17, 15) is 12.8 Å². The maximum atomic E-state index is 13.4. The highest BCUT2D eigenvalue weighted by molar-refractivity contribution is 7.92. The molecule has 0 unspecified atom stereocenters. The fraction of sp³-hybridized carbons (Fsp3) is 0.250. The van der Waals surface area contributed by atoms with Gasteiger partial charge in [0.1, 0.15) is 16.4 Å². The Morgan fingerprint density at radius 2 is 1.82 bits per heavy atom. The van der Waals surface area contributed by atoms with Crippen LogP contribution in [-0.4, -0.2) is 18.2 Å². The first kappa shape index (κ1) is 19.0. The number of aromatic nitrogens is 2. The summed E-state index contributed by atoms with van der Waals surface area (Å²) in [6.45, 7) is 0. The van der Waals surface area contributed by atoms with E-state index in [2.05, 4.69) is 9.82 Å². The molecule has 1 heterocycles. The number of hydrogen-bond donors (Lipinski definition) is 1. The fourth-order valence-electron chi connectivity index (χ4n) is 3.49. The van der Waals surface area contributed by atoms with Gasteiger partial charge in [-0.15, -0.1) is 0 Å². The Morgan fingerprint density at radius 3 is 2.50 bits per heavy atom. The molecule has 1 aliphatic carbocycles. The number of nitrogens with one attached hydrogen (secondary N) is 1. The molecule has 1 N–H and O–H groups in total. The van der Waals surface area contributed by atoms with Crippen LogP contribution in [0.4, 0.5) is 10.1 Å². The van der Waals surface area contributed by atoms with E-state index in [0.29, 0.717) is 5.69 Å². The van der Waals surface area contributed by atoms with Crippen molar-refractivity contribution < 1.29 is 12.8 Å². The van der Waals surface area contributed by atoms with Gasteiger partial charge in [-0.1, -0.05) is 54.8 Å². The number of sulfonamides is 1. The van der Waals surface area contributed by atoms with Gasteiger partial charge >= 0.3 is 0 Å². The molecule has 1 aliphatic rings. The molecule has 4 rings (SSSR count). The Balaban J connectivity index is 1.76. The van der Waals surface area contributed by atoms with Gasteiger partial charge in [0, 0.05) is 11.8 Å². The maximum Gasteiger partial charge on any atom is 0.265 e. The summed E-state index contributed by atoms with van der Waals surface area (Å²) in [6.07, 6.45) is 5.78. The molecule has 8 heteroatoms. The molecule has 0 amide bonds. The van der Waals surface area contributed by atoms with Gasteiger partial charge in [-0.05, 0) is 31.0 Å². The highest BCUT2D eigenvalue weighted by Crippen LogP contribution is 2.34. The summed E-state index contributed by atoms with van der Waals surface area (Å²) in [5, 5.41) is 4.47. The molecule has 146 valence electrons. The van der Waals surface area contributed by atoms with Gasteiger partial charge in [-0.2, -0.15) is 5.10 Å². The minimum absolute atomic E-state index is 0.0889. The lowest BCUT2D eigenvalue weighted by molar-refractivity contribution is 0.467. The van der Waals surface area contributed by atoms with Crippen LogP contribution in [0.3, 0.4) is 0 Å². The van der Waals surface area contributed by atoms with E-state index in [0.717, 1.165) is 37.3 Å². The van der Waals surface area contributed by atoms with E-state index in [-0.39, 0.29) is 21.6 Å². The molecule has 3 aromatic rings. The van der Waals surface area contributed by atoms with Crippen molar-refractivity contribution in [2.75, 3.05) is 4.72 Å². The molecule has 0 spiro atoms. The Bertz CT molecular complexity index is 1090. The van der Waals surface area contributed by atoms with Crippen LogP contribution in [0.25, 0.3) is 11.3 Å². The van der Waals surface area contributed by atoms with Crippen molar-refractivity contribution in [2.45, 2.75) is 36.6 Å². The molecule has 0 bridgehead atoms. The summed E-state index contributed by atoms with van der Waals surface area (Å²) in [7, 11) is -3.94. The first-order valence-electron chi connectivity index (χ1n) is 9.06. The third kappa shape index (κ3) is 3.77. The van der Waals surface area contributed by atoms with Crippen molar-refractivity contribution in [1.82, 2.24) is 9.78 Å². The van der Waals surface area contributed by atoms with Crippen LogP contribution in [0.2, 0.25) is 5.02 Å². The zero-order chi connectivity index (χ0) is 19.7. The van der Waals surface area contributed by atoms with Gasteiger partial charge in [0.15, 0.2) is 0 Å². The molecule has 1 fully saturated rings. The third-order valence-corrected chi connectivity index (χ3v) is 6.58. The third-order valence-electron chi connectivity index (χ3n) is 4.91. The van der Waals surface area contributed by atoms with Crippen molar-refractivity contribution >= 4 is 27.3 Å². The largest absolute Gasteiger partial charge is 0.279 e. The summed E-state index contributed by atoms with van der Waals surface area (Å²) in [5.41, 5.74) is 1.31. The predicted molar refractivity (Wildman–Crippen MR) is 107 cm³/mol. The Kier molecular flexibility index (Phi) is 5.12. The van der Waals surface area contributed by atoms with Crippen LogP contribution in [-0.2, 0) is 10.0 Å². The SMILES string of the molecule is O=S(=O)(Nc1ccc(F)c(Cl)c1)c1cn(C2CCCC2)nc1-c1ccccc1. The number of benzene rings is 2. The zero-order valence-electron chi connectivity index (χ0n) is 15.0. The molecular formula is C20H19ClFN3O2S. The van der Waals surface area contributed by atoms with Crippen LogP contribution in [0.5, 0.6) is 0 Å². The maximum absolute atomic E-state index is 13.4. The smallest absolute Gasteiger partial charge is 0.265 e. The second kappa shape index (κ2) is 7.56. The van der Waals surface area contributed by atoms with Crippen LogP contribution < -0.4 is 4.72 Å². The van der Waals surface area contributed by atoms with E-state index < -0.39 is 15.8 Å². The summed E-state index contributed by atoms with van der Waals surface area (Å²) in [5.74, 6) is -0.608. The van der Waals surface area contributed by atoms with Gasteiger partial charge in [0.2, 0.25) is 0 Å². The Labute approximate surface area is 168 Å². The number of hydrogen-bond acceptors (Lipinski definition) is 3. The summed E-state index contributed by atoms with van der Waals surface area (Å²) >= 11 is 5.78. The minimum Gasteiger partial charge on any atom is -0.279 e. The highest BCUT2D eigenvalue weighted by atomic mass is 35.5. The molecule has 5 nitrogen and oxygen atoms in total. The van der Waals surface area contributed by atoms with E-state index in [4.69, 9.17) is 11.6 Å². The molecule has 0 atom stereocenters. The Hall–Kier alpha value is -2.38. The number of anilines is 1. The highest BCUT2D eigenvalue weighted by Gasteiger charge is 2.27. The first-order chi connectivity index (χ1) is 13.4. The average molecular weight is 420 g/mol. The molecule has 28 heavy (non-hydrogen) atoms. The molecule has 1 saturated carbocycles. The number of nitrogens with zero attached hydrogens (tertiary/aromatic N) is 2. The lowest BCUT2D eigenvalue weighted by atomic mass is 10.2. The van der Waals surface area contributed by atoms with E-state index >= 15 is 0 Å². The van der Waals surface area contributed by atoms with Gasteiger partial charge in [-0.3, -0.25) is 9.40 Å². The minimum atomic E-state index is -3.94. The van der Waals surface area contributed by atoms with Crippen LogP contribution in [0.1, 0.15) is 31.7 Å². The van der Waals surface area contributed by atoms with Crippen LogP contribution in [0, 0.1) is 5.82 Å². The van der Waals surface area contributed by atoms with Crippen molar-refractivity contribution in [1.29, 1.82) is 0 Å². The summed E-state index contributed by atoms with van der Waals surface area (Å²) in [4.78, 5) is 0.0889. The van der Waals surface area contributed by atoms with E-state index in [1.165, 1.54) is 12.1 Å². The standard InChI is InChI=1S/C20H19ClFN3O2S/c21-17-12-15(10-11-18(17)22)24-28(26,27)19-13-25(16-8-4-5-9-16)23-20(19)14-6-2-1-3-7-14/h1-3,6-7,10-13,16,24H,4-5,8-9H2. The summed E-state index contributed by atoms with van der Waals surface area (Å²) in [6, 6.07) is 13.1. The number of rotatable bonds is 5. The molecule has 2 aromatic carbocycles. The normalized spacial score (nSPS) is 15.1. The van der Waals surface area contributed by atoms with E-state index in [1.807, 2.05) is 30.3 Å². The molecular weight excluding hydrogens is 401 g/mol. The van der Waals surface area contributed by atoms with Gasteiger partial charge < -0.3 is 0 Å².